The molecule has 0 unspecified atom stereocenters. The van der Waals surface area contributed by atoms with Crippen LogP contribution in [-0.4, -0.2) is 11.8 Å². The van der Waals surface area contributed by atoms with E-state index in [1.165, 1.54) is 16.2 Å². The van der Waals surface area contributed by atoms with Crippen LogP contribution in [0.2, 0.25) is 5.02 Å². The molecule has 2 heterocycles. The zero-order valence-electron chi connectivity index (χ0n) is 16.2. The van der Waals surface area contributed by atoms with Crippen LogP contribution in [-0.2, 0) is 9.59 Å². The highest BCUT2D eigenvalue weighted by atomic mass is 35.5. The molecule has 4 rings (SSSR count). The van der Waals surface area contributed by atoms with Gasteiger partial charge in [0.25, 0.3) is 11.8 Å². The fourth-order valence-corrected chi connectivity index (χ4v) is 4.37. The van der Waals surface area contributed by atoms with E-state index in [0.29, 0.717) is 22.0 Å². The molecule has 2 aromatic carbocycles. The van der Waals surface area contributed by atoms with Crippen LogP contribution in [0, 0.1) is 20.8 Å². The summed E-state index contributed by atoms with van der Waals surface area (Å²) >= 11 is 7.57. The highest BCUT2D eigenvalue weighted by Gasteiger charge is 2.41. The summed E-state index contributed by atoms with van der Waals surface area (Å²) < 4.78 is 0. The molecule has 3 aromatic rings. The summed E-state index contributed by atoms with van der Waals surface area (Å²) in [6, 6.07) is 14.8. The number of nitrogens with one attached hydrogen (secondary N) is 1. The van der Waals surface area contributed by atoms with E-state index in [2.05, 4.69) is 5.32 Å². The van der Waals surface area contributed by atoms with Gasteiger partial charge in [0.1, 0.15) is 5.70 Å². The first-order chi connectivity index (χ1) is 13.9. The molecule has 0 aliphatic carbocycles. The molecule has 1 aliphatic rings. The van der Waals surface area contributed by atoms with E-state index in [-0.39, 0.29) is 17.5 Å². The number of amides is 2. The Morgan fingerprint density at radius 2 is 1.72 bits per heavy atom. The van der Waals surface area contributed by atoms with Crippen LogP contribution in [0.5, 0.6) is 0 Å². The second-order valence-corrected chi connectivity index (χ2v) is 8.43. The van der Waals surface area contributed by atoms with Crippen LogP contribution in [0.1, 0.15) is 21.6 Å². The molecule has 0 saturated carbocycles. The van der Waals surface area contributed by atoms with Crippen molar-refractivity contribution in [3.8, 4) is 0 Å². The molecule has 0 radical (unpaired) electrons. The van der Waals surface area contributed by atoms with Gasteiger partial charge < -0.3 is 5.32 Å². The summed E-state index contributed by atoms with van der Waals surface area (Å²) in [5.41, 5.74) is 4.82. The quantitative estimate of drug-likeness (QED) is 0.547. The summed E-state index contributed by atoms with van der Waals surface area (Å²) in [6.45, 7) is 5.81. The Balaban J connectivity index is 1.84. The lowest BCUT2D eigenvalue weighted by atomic mass is 10.1. The van der Waals surface area contributed by atoms with E-state index in [1.807, 2.05) is 62.5 Å². The van der Waals surface area contributed by atoms with E-state index in [4.69, 9.17) is 11.6 Å². The summed E-state index contributed by atoms with van der Waals surface area (Å²) in [4.78, 5) is 28.8. The Labute approximate surface area is 178 Å². The number of hydrogen-bond acceptors (Lipinski definition) is 4. The third-order valence-corrected chi connectivity index (χ3v) is 6.03. The molecule has 0 fully saturated rings. The maximum absolute atomic E-state index is 13.4. The fraction of sp³-hybridized carbons (Fsp3) is 0.130. The minimum atomic E-state index is -0.371. The van der Waals surface area contributed by atoms with Gasteiger partial charge in [0.15, 0.2) is 0 Å². The fourth-order valence-electron chi connectivity index (χ4n) is 3.43. The molecule has 29 heavy (non-hydrogen) atoms. The topological polar surface area (TPSA) is 49.4 Å². The van der Waals surface area contributed by atoms with Gasteiger partial charge in [-0.1, -0.05) is 41.4 Å². The number of imide groups is 1. The third kappa shape index (κ3) is 3.48. The van der Waals surface area contributed by atoms with Crippen molar-refractivity contribution in [2.24, 2.45) is 0 Å². The SMILES string of the molecule is Cc1ccc(N2C(=O)C(Nc3cc(Cl)ccc3C)=C(c3cccs3)C2=O)c(C)c1. The van der Waals surface area contributed by atoms with Crippen LogP contribution in [0.4, 0.5) is 11.4 Å². The number of nitrogens with zero attached hydrogens (tertiary/aromatic N) is 1. The van der Waals surface area contributed by atoms with Crippen molar-refractivity contribution < 1.29 is 9.59 Å². The number of anilines is 2. The van der Waals surface area contributed by atoms with Gasteiger partial charge in [-0.25, -0.2) is 4.90 Å². The van der Waals surface area contributed by atoms with E-state index >= 15 is 0 Å². The van der Waals surface area contributed by atoms with Crippen molar-refractivity contribution in [3.05, 3.63) is 86.2 Å². The lowest BCUT2D eigenvalue weighted by molar-refractivity contribution is -0.120. The minimum Gasteiger partial charge on any atom is -0.350 e. The largest absolute Gasteiger partial charge is 0.350 e. The molecule has 6 heteroatoms. The van der Waals surface area contributed by atoms with Crippen molar-refractivity contribution in [2.75, 3.05) is 10.2 Å². The molecule has 2 amide bonds. The molecule has 0 atom stereocenters. The van der Waals surface area contributed by atoms with Gasteiger partial charge >= 0.3 is 0 Å². The second kappa shape index (κ2) is 7.50. The molecule has 1 N–H and O–H groups in total. The zero-order valence-corrected chi connectivity index (χ0v) is 17.8. The van der Waals surface area contributed by atoms with E-state index in [9.17, 15) is 9.59 Å². The molecule has 1 aliphatic heterocycles. The predicted octanol–water partition coefficient (Wildman–Crippen LogP) is 5.72. The number of hydrogen-bond donors (Lipinski definition) is 1. The number of thiophene rings is 1. The molecule has 0 spiro atoms. The van der Waals surface area contributed by atoms with Crippen LogP contribution in [0.25, 0.3) is 5.57 Å². The first-order valence-corrected chi connectivity index (χ1v) is 10.4. The Hall–Kier alpha value is -2.89. The molecule has 1 aromatic heterocycles. The van der Waals surface area contributed by atoms with Crippen LogP contribution < -0.4 is 10.2 Å². The summed E-state index contributed by atoms with van der Waals surface area (Å²) in [6.07, 6.45) is 0. The lowest BCUT2D eigenvalue weighted by Gasteiger charge is -2.18. The van der Waals surface area contributed by atoms with Crippen molar-refractivity contribution >= 4 is 51.7 Å². The first kappa shape index (κ1) is 19.4. The van der Waals surface area contributed by atoms with Crippen LogP contribution >= 0.6 is 22.9 Å². The number of rotatable bonds is 4. The zero-order chi connectivity index (χ0) is 20.7. The Morgan fingerprint density at radius 1 is 0.931 bits per heavy atom. The predicted molar refractivity (Wildman–Crippen MR) is 119 cm³/mol. The Kier molecular flexibility index (Phi) is 5.03. The van der Waals surface area contributed by atoms with Gasteiger partial charge in [-0.2, -0.15) is 0 Å². The van der Waals surface area contributed by atoms with Gasteiger partial charge in [-0.3, -0.25) is 9.59 Å². The first-order valence-electron chi connectivity index (χ1n) is 9.14. The minimum absolute atomic E-state index is 0.266. The molecule has 0 saturated heterocycles. The summed E-state index contributed by atoms with van der Waals surface area (Å²) in [5, 5.41) is 5.63. The third-order valence-electron chi connectivity index (χ3n) is 4.90. The molecular formula is C23H19ClN2O2S. The highest BCUT2D eigenvalue weighted by molar-refractivity contribution is 7.11. The lowest BCUT2D eigenvalue weighted by Crippen LogP contribution is -2.33. The van der Waals surface area contributed by atoms with Crippen LogP contribution in [0.15, 0.2) is 59.6 Å². The second-order valence-electron chi connectivity index (χ2n) is 7.05. The van der Waals surface area contributed by atoms with Crippen molar-refractivity contribution in [1.29, 1.82) is 0 Å². The average Bonchev–Trinajstić information content (AvgIpc) is 3.27. The number of carbonyl (C=O) groups excluding carboxylic acids is 2. The monoisotopic (exact) mass is 422 g/mol. The molecule has 0 bridgehead atoms. The normalized spacial score (nSPS) is 14.1. The van der Waals surface area contributed by atoms with E-state index in [1.54, 1.807) is 12.1 Å². The average molecular weight is 423 g/mol. The standard InChI is InChI=1S/C23H19ClN2O2S/c1-13-6-9-18(15(3)11-13)26-22(27)20(19-5-4-10-29-19)21(23(26)28)25-17-12-16(24)8-7-14(17)2/h4-12,25H,1-3H3. The maximum atomic E-state index is 13.4. The molecular weight excluding hydrogens is 404 g/mol. The maximum Gasteiger partial charge on any atom is 0.282 e. The molecule has 4 nitrogen and oxygen atoms in total. The van der Waals surface area contributed by atoms with Gasteiger partial charge in [0.05, 0.1) is 11.3 Å². The number of aryl methyl sites for hydroxylation is 3. The van der Waals surface area contributed by atoms with E-state index in [0.717, 1.165) is 21.6 Å². The highest BCUT2D eigenvalue weighted by Crippen LogP contribution is 2.37. The number of benzene rings is 2. The van der Waals surface area contributed by atoms with E-state index < -0.39 is 0 Å². The Bertz CT molecular complexity index is 1170. The van der Waals surface area contributed by atoms with Gasteiger partial charge in [-0.15, -0.1) is 11.3 Å². The van der Waals surface area contributed by atoms with Gasteiger partial charge in [0, 0.05) is 15.6 Å². The van der Waals surface area contributed by atoms with Crippen molar-refractivity contribution in [2.45, 2.75) is 20.8 Å². The smallest absolute Gasteiger partial charge is 0.282 e. The summed E-state index contributed by atoms with van der Waals surface area (Å²) in [7, 11) is 0. The summed E-state index contributed by atoms with van der Waals surface area (Å²) in [5.74, 6) is -0.698. The number of halogens is 1. The van der Waals surface area contributed by atoms with Crippen LogP contribution in [0.3, 0.4) is 0 Å². The van der Waals surface area contributed by atoms with Crippen molar-refractivity contribution in [3.63, 3.8) is 0 Å². The Morgan fingerprint density at radius 3 is 2.41 bits per heavy atom. The van der Waals surface area contributed by atoms with Gasteiger partial charge in [0.2, 0.25) is 0 Å². The number of carbonyl (C=O) groups is 2. The van der Waals surface area contributed by atoms with Crippen molar-refractivity contribution in [1.82, 2.24) is 0 Å². The van der Waals surface area contributed by atoms with Gasteiger partial charge in [-0.05, 0) is 61.5 Å². The molecule has 146 valence electrons.